The molecule has 94 valence electrons. The van der Waals surface area contributed by atoms with Crippen molar-refractivity contribution >= 4 is 5.97 Å². The van der Waals surface area contributed by atoms with E-state index in [1.807, 2.05) is 13.8 Å². The van der Waals surface area contributed by atoms with E-state index in [1.165, 1.54) is 0 Å². The van der Waals surface area contributed by atoms with Crippen molar-refractivity contribution in [3.05, 3.63) is 0 Å². The van der Waals surface area contributed by atoms with E-state index in [1.54, 1.807) is 6.92 Å². The number of ether oxygens (including phenoxy) is 1. The molecule has 1 fully saturated rings. The van der Waals surface area contributed by atoms with Crippen molar-refractivity contribution in [2.75, 3.05) is 0 Å². The molecule has 0 aromatic heterocycles. The number of hydrogen-bond donors (Lipinski definition) is 2. The van der Waals surface area contributed by atoms with Gasteiger partial charge in [-0.3, -0.25) is 4.79 Å². The highest BCUT2D eigenvalue weighted by Crippen LogP contribution is 2.29. The highest BCUT2D eigenvalue weighted by atomic mass is 16.5. The molecule has 0 aromatic rings. The van der Waals surface area contributed by atoms with Crippen LogP contribution in [0.1, 0.15) is 40.0 Å². The second-order valence-electron chi connectivity index (χ2n) is 5.05. The number of carbonyl (C=O) groups is 1. The van der Waals surface area contributed by atoms with Crippen LogP contribution in [0.4, 0.5) is 0 Å². The van der Waals surface area contributed by atoms with Crippen molar-refractivity contribution in [1.29, 1.82) is 0 Å². The number of hydrogen-bond acceptors (Lipinski definition) is 3. The van der Waals surface area contributed by atoms with E-state index < -0.39 is 11.9 Å². The Morgan fingerprint density at radius 1 is 1.38 bits per heavy atom. The van der Waals surface area contributed by atoms with Crippen LogP contribution in [0.25, 0.3) is 0 Å². The van der Waals surface area contributed by atoms with Gasteiger partial charge in [-0.15, -0.1) is 0 Å². The van der Waals surface area contributed by atoms with Gasteiger partial charge in [-0.05, 0) is 32.1 Å². The van der Waals surface area contributed by atoms with Crippen molar-refractivity contribution in [2.45, 2.75) is 58.3 Å². The Morgan fingerprint density at radius 2 is 2.00 bits per heavy atom. The molecule has 4 unspecified atom stereocenters. The van der Waals surface area contributed by atoms with Gasteiger partial charge in [0.2, 0.25) is 0 Å². The van der Waals surface area contributed by atoms with Crippen LogP contribution in [-0.4, -0.2) is 34.5 Å². The SMILES string of the molecule is CC(C)C(O)CC1CCC(C(C)C(=O)O)O1. The molecule has 0 aliphatic carbocycles. The third-order valence-electron chi connectivity index (χ3n) is 3.36. The fourth-order valence-electron chi connectivity index (χ4n) is 1.98. The Morgan fingerprint density at radius 3 is 2.50 bits per heavy atom. The normalized spacial score (nSPS) is 29.3. The highest BCUT2D eigenvalue weighted by Gasteiger charge is 2.33. The smallest absolute Gasteiger partial charge is 0.308 e. The molecule has 4 nitrogen and oxygen atoms in total. The summed E-state index contributed by atoms with van der Waals surface area (Å²) in [4.78, 5) is 10.8. The number of aliphatic hydroxyl groups excluding tert-OH is 1. The first-order chi connectivity index (χ1) is 7.41. The Kier molecular flexibility index (Phi) is 4.74. The fraction of sp³-hybridized carbons (Fsp3) is 0.917. The Balaban J connectivity index is 2.38. The fourth-order valence-corrected chi connectivity index (χ4v) is 1.98. The molecular formula is C12H22O4. The molecule has 0 amide bonds. The topological polar surface area (TPSA) is 66.8 Å². The zero-order valence-electron chi connectivity index (χ0n) is 10.2. The summed E-state index contributed by atoms with van der Waals surface area (Å²) in [6, 6.07) is 0. The van der Waals surface area contributed by atoms with Crippen LogP contribution in [0.15, 0.2) is 0 Å². The molecule has 0 radical (unpaired) electrons. The van der Waals surface area contributed by atoms with E-state index in [2.05, 4.69) is 0 Å². The number of rotatable bonds is 5. The van der Waals surface area contributed by atoms with Crippen LogP contribution < -0.4 is 0 Å². The molecule has 1 aliphatic heterocycles. The van der Waals surface area contributed by atoms with Crippen molar-refractivity contribution < 1.29 is 19.7 Å². The predicted molar refractivity (Wildman–Crippen MR) is 60.2 cm³/mol. The number of carboxylic acids is 1. The molecule has 1 heterocycles. The van der Waals surface area contributed by atoms with Crippen molar-refractivity contribution in [3.63, 3.8) is 0 Å². The lowest BCUT2D eigenvalue weighted by Crippen LogP contribution is -2.27. The van der Waals surface area contributed by atoms with Gasteiger partial charge in [0, 0.05) is 0 Å². The lowest BCUT2D eigenvalue weighted by Gasteiger charge is -2.20. The average Bonchev–Trinajstić information content (AvgIpc) is 2.64. The molecule has 0 saturated carbocycles. The number of carboxylic acid groups (broad SMARTS) is 1. The van der Waals surface area contributed by atoms with E-state index >= 15 is 0 Å². The van der Waals surface area contributed by atoms with Gasteiger partial charge >= 0.3 is 5.97 Å². The van der Waals surface area contributed by atoms with Crippen molar-refractivity contribution in [2.24, 2.45) is 11.8 Å². The summed E-state index contributed by atoms with van der Waals surface area (Å²) in [5, 5.41) is 18.6. The number of aliphatic carboxylic acids is 1. The minimum absolute atomic E-state index is 0.0178. The standard InChI is InChI=1S/C12H22O4/c1-7(2)10(13)6-9-4-5-11(16-9)8(3)12(14)15/h7-11,13H,4-6H2,1-3H3,(H,14,15). The van der Waals surface area contributed by atoms with Gasteiger partial charge in [0.25, 0.3) is 0 Å². The summed E-state index contributed by atoms with van der Waals surface area (Å²) in [6.45, 7) is 5.61. The Hall–Kier alpha value is -0.610. The van der Waals surface area contributed by atoms with Gasteiger partial charge in [0.15, 0.2) is 0 Å². The van der Waals surface area contributed by atoms with Crippen LogP contribution >= 0.6 is 0 Å². The quantitative estimate of drug-likeness (QED) is 0.753. The molecule has 4 heteroatoms. The van der Waals surface area contributed by atoms with Crippen LogP contribution in [0.3, 0.4) is 0 Å². The molecule has 1 saturated heterocycles. The van der Waals surface area contributed by atoms with Gasteiger partial charge in [-0.25, -0.2) is 0 Å². The first kappa shape index (κ1) is 13.5. The molecule has 0 aromatic carbocycles. The molecule has 0 spiro atoms. The first-order valence-corrected chi connectivity index (χ1v) is 5.98. The molecular weight excluding hydrogens is 208 g/mol. The molecule has 1 aliphatic rings. The van der Waals surface area contributed by atoms with E-state index in [0.29, 0.717) is 6.42 Å². The largest absolute Gasteiger partial charge is 0.481 e. The molecule has 1 rings (SSSR count). The van der Waals surface area contributed by atoms with Crippen molar-refractivity contribution in [1.82, 2.24) is 0 Å². The lowest BCUT2D eigenvalue weighted by molar-refractivity contribution is -0.146. The van der Waals surface area contributed by atoms with Crippen molar-refractivity contribution in [3.8, 4) is 0 Å². The molecule has 2 N–H and O–H groups in total. The second-order valence-corrected chi connectivity index (χ2v) is 5.05. The number of aliphatic hydroxyl groups is 1. The minimum atomic E-state index is -0.810. The van der Waals surface area contributed by atoms with Gasteiger partial charge < -0.3 is 14.9 Å². The van der Waals surface area contributed by atoms with Gasteiger partial charge in [-0.2, -0.15) is 0 Å². The van der Waals surface area contributed by atoms with E-state index in [0.717, 1.165) is 12.8 Å². The van der Waals surface area contributed by atoms with Gasteiger partial charge in [-0.1, -0.05) is 13.8 Å². The Labute approximate surface area is 96.6 Å². The Bertz CT molecular complexity index is 239. The van der Waals surface area contributed by atoms with E-state index in [-0.39, 0.29) is 24.2 Å². The minimum Gasteiger partial charge on any atom is -0.481 e. The van der Waals surface area contributed by atoms with Crippen LogP contribution in [0.2, 0.25) is 0 Å². The monoisotopic (exact) mass is 230 g/mol. The summed E-state index contributed by atoms with van der Waals surface area (Å²) in [7, 11) is 0. The van der Waals surface area contributed by atoms with Crippen LogP contribution in [-0.2, 0) is 9.53 Å². The van der Waals surface area contributed by atoms with Crippen LogP contribution in [0, 0.1) is 11.8 Å². The third-order valence-corrected chi connectivity index (χ3v) is 3.36. The maximum Gasteiger partial charge on any atom is 0.308 e. The van der Waals surface area contributed by atoms with Crippen LogP contribution in [0.5, 0.6) is 0 Å². The van der Waals surface area contributed by atoms with E-state index in [9.17, 15) is 9.90 Å². The lowest BCUT2D eigenvalue weighted by atomic mass is 9.98. The maximum atomic E-state index is 10.8. The zero-order chi connectivity index (χ0) is 12.3. The molecule has 4 atom stereocenters. The third kappa shape index (κ3) is 3.46. The van der Waals surface area contributed by atoms with Gasteiger partial charge in [0.05, 0.1) is 24.2 Å². The summed E-state index contributed by atoms with van der Waals surface area (Å²) in [5.41, 5.74) is 0. The predicted octanol–water partition coefficient (Wildman–Crippen LogP) is 1.66. The first-order valence-electron chi connectivity index (χ1n) is 5.98. The summed E-state index contributed by atoms with van der Waals surface area (Å²) < 4.78 is 5.66. The maximum absolute atomic E-state index is 10.8. The summed E-state index contributed by atoms with van der Waals surface area (Å²) >= 11 is 0. The van der Waals surface area contributed by atoms with Gasteiger partial charge in [0.1, 0.15) is 0 Å². The second kappa shape index (κ2) is 5.64. The molecule has 16 heavy (non-hydrogen) atoms. The highest BCUT2D eigenvalue weighted by molar-refractivity contribution is 5.70. The summed E-state index contributed by atoms with van der Waals surface area (Å²) in [5.74, 6) is -1.05. The summed E-state index contributed by atoms with van der Waals surface area (Å²) in [6.07, 6.45) is 1.71. The van der Waals surface area contributed by atoms with E-state index in [4.69, 9.17) is 9.84 Å². The molecule has 0 bridgehead atoms. The average molecular weight is 230 g/mol. The zero-order valence-corrected chi connectivity index (χ0v) is 10.2.